The highest BCUT2D eigenvalue weighted by Crippen LogP contribution is 2.41. The first-order valence-corrected chi connectivity index (χ1v) is 17.1. The largest absolute Gasteiger partial charge is 0.505 e. The van der Waals surface area contributed by atoms with Gasteiger partial charge >= 0.3 is 0 Å². The first kappa shape index (κ1) is 32.4. The number of fused-ring (bicyclic) bond motifs is 2. The summed E-state index contributed by atoms with van der Waals surface area (Å²) in [7, 11) is -9.09. The Kier molecular flexibility index (Phi) is 8.26. The van der Waals surface area contributed by atoms with Crippen LogP contribution >= 0.6 is 0 Å². The molecule has 0 radical (unpaired) electrons. The van der Waals surface area contributed by atoms with Crippen molar-refractivity contribution in [3.8, 4) is 22.6 Å². The molecule has 0 unspecified atom stereocenters. The highest BCUT2D eigenvalue weighted by atomic mass is 32.2. The average molecular weight is 683 g/mol. The number of nitrogens with zero attached hydrogens (tertiary/aromatic N) is 4. The van der Waals surface area contributed by atoms with Crippen molar-refractivity contribution >= 4 is 64.5 Å². The highest BCUT2D eigenvalue weighted by molar-refractivity contribution is 7.86. The van der Waals surface area contributed by atoms with E-state index in [1.165, 1.54) is 42.5 Å². The molecule has 14 heteroatoms. The molecule has 4 N–H and O–H groups in total. The van der Waals surface area contributed by atoms with Crippen LogP contribution in [0.3, 0.4) is 0 Å². The monoisotopic (exact) mass is 682 g/mol. The van der Waals surface area contributed by atoms with Crippen LogP contribution in [0.1, 0.15) is 11.1 Å². The molecule has 12 nitrogen and oxygen atoms in total. The molecule has 0 bridgehead atoms. The van der Waals surface area contributed by atoms with Crippen molar-refractivity contribution in [3.63, 3.8) is 0 Å². The maximum Gasteiger partial charge on any atom is 0.295 e. The van der Waals surface area contributed by atoms with Gasteiger partial charge < -0.3 is 10.2 Å². The van der Waals surface area contributed by atoms with Gasteiger partial charge in [0, 0.05) is 21.5 Å². The number of aromatic hydroxyl groups is 2. The lowest BCUT2D eigenvalue weighted by Crippen LogP contribution is -1.99. The number of phenols is 2. The maximum absolute atomic E-state index is 12.0. The fraction of sp³-hybridized carbons (Fsp3) is 0.0588. The van der Waals surface area contributed by atoms with Gasteiger partial charge in [-0.05, 0) is 78.6 Å². The van der Waals surface area contributed by atoms with Crippen molar-refractivity contribution in [2.45, 2.75) is 23.6 Å². The molecular weight excluding hydrogens is 657 g/mol. The molecule has 242 valence electrons. The Labute approximate surface area is 274 Å². The first-order chi connectivity index (χ1) is 22.7. The van der Waals surface area contributed by atoms with Crippen molar-refractivity contribution < 1.29 is 36.2 Å². The number of aryl methyl sites for hydroxylation is 2. The van der Waals surface area contributed by atoms with Crippen molar-refractivity contribution in [2.24, 2.45) is 20.5 Å². The normalized spacial score (nSPS) is 12.5. The van der Waals surface area contributed by atoms with E-state index < -0.39 is 25.1 Å². The summed E-state index contributed by atoms with van der Waals surface area (Å²) in [5, 5.41) is 39.0. The van der Waals surface area contributed by atoms with Gasteiger partial charge in [-0.1, -0.05) is 54.6 Å². The number of benzene rings is 6. The zero-order valence-corrected chi connectivity index (χ0v) is 26.9. The molecule has 0 saturated heterocycles. The molecule has 48 heavy (non-hydrogen) atoms. The minimum atomic E-state index is -4.60. The lowest BCUT2D eigenvalue weighted by molar-refractivity contribution is 0.478. The molecule has 0 fully saturated rings. The minimum Gasteiger partial charge on any atom is -0.505 e. The van der Waals surface area contributed by atoms with Gasteiger partial charge in [-0.3, -0.25) is 9.11 Å². The SMILES string of the molecule is Cc1cc(-c2ccc(N=Nc3cc(S(=O)(=O)O)c4ccccc4c3O)c(C)c2)ccc1N=Nc1ccc2c(S(=O)(=O)O)cccc2c1O. The third kappa shape index (κ3) is 6.24. The van der Waals surface area contributed by atoms with Crippen LogP contribution in [-0.2, 0) is 20.2 Å². The van der Waals surface area contributed by atoms with Crippen molar-refractivity contribution in [1.82, 2.24) is 0 Å². The molecular formula is C34H26N4O8S2. The van der Waals surface area contributed by atoms with Crippen molar-refractivity contribution in [2.75, 3.05) is 0 Å². The zero-order chi connectivity index (χ0) is 34.4. The molecule has 0 spiro atoms. The number of hydrogen-bond acceptors (Lipinski definition) is 10. The second kappa shape index (κ2) is 12.2. The second-order valence-corrected chi connectivity index (χ2v) is 13.7. The smallest absolute Gasteiger partial charge is 0.295 e. The standard InChI is InChI=1S/C34H26N4O8S2/c1-19-16-21(10-13-27(19)35-37-29-15-12-24-26(33(29)39)8-5-9-31(24)47(41,42)43)22-11-14-28(20(2)17-22)36-38-30-18-32(48(44,45)46)23-6-3-4-7-25(23)34(30)40/h3-18,39-40H,1-2H3,(H,41,42,43)(H,44,45,46). The van der Waals surface area contributed by atoms with Crippen LogP contribution in [0, 0.1) is 13.8 Å². The fourth-order valence-corrected chi connectivity index (χ4v) is 6.74. The molecule has 0 heterocycles. The molecule has 6 rings (SSSR count). The van der Waals surface area contributed by atoms with Gasteiger partial charge in [0.15, 0.2) is 11.5 Å². The van der Waals surface area contributed by atoms with E-state index in [0.717, 1.165) is 28.3 Å². The predicted molar refractivity (Wildman–Crippen MR) is 181 cm³/mol. The van der Waals surface area contributed by atoms with Crippen molar-refractivity contribution in [1.29, 1.82) is 0 Å². The summed E-state index contributed by atoms with van der Waals surface area (Å²) in [6.07, 6.45) is 0. The van der Waals surface area contributed by atoms with Crippen molar-refractivity contribution in [3.05, 3.63) is 108 Å². The summed E-state index contributed by atoms with van der Waals surface area (Å²) < 4.78 is 66.7. The van der Waals surface area contributed by atoms with Crippen LogP contribution in [0.5, 0.6) is 11.5 Å². The van der Waals surface area contributed by atoms with Crippen LogP contribution in [-0.4, -0.2) is 36.2 Å². The van der Waals surface area contributed by atoms with E-state index in [-0.39, 0.29) is 49.3 Å². The quantitative estimate of drug-likeness (QED) is 0.0944. The van der Waals surface area contributed by atoms with Gasteiger partial charge in [0.1, 0.15) is 21.2 Å². The highest BCUT2D eigenvalue weighted by Gasteiger charge is 2.20. The second-order valence-electron chi connectivity index (χ2n) is 10.9. The van der Waals surface area contributed by atoms with Gasteiger partial charge in [-0.15, -0.1) is 10.2 Å². The molecule has 6 aromatic rings. The lowest BCUT2D eigenvalue weighted by Gasteiger charge is -2.09. The van der Waals surface area contributed by atoms with E-state index in [9.17, 15) is 36.2 Å². The average Bonchev–Trinajstić information content (AvgIpc) is 3.04. The third-order valence-corrected chi connectivity index (χ3v) is 9.55. The minimum absolute atomic E-state index is 0.116. The van der Waals surface area contributed by atoms with Crippen LogP contribution in [0.25, 0.3) is 32.7 Å². The number of rotatable bonds is 7. The molecule has 0 aromatic heterocycles. The van der Waals surface area contributed by atoms with Crippen LogP contribution in [0.15, 0.2) is 127 Å². The maximum atomic E-state index is 12.0. The Hall–Kier alpha value is -5.54. The molecule has 0 aliphatic rings. The van der Waals surface area contributed by atoms with Gasteiger partial charge in [-0.2, -0.15) is 27.1 Å². The van der Waals surface area contributed by atoms with E-state index in [1.807, 2.05) is 38.1 Å². The molecule has 0 aliphatic carbocycles. The Morgan fingerprint density at radius 3 is 1.44 bits per heavy atom. The van der Waals surface area contributed by atoms with Gasteiger partial charge in [0.05, 0.1) is 11.4 Å². The predicted octanol–water partition coefficient (Wildman–Crippen LogP) is 9.01. The van der Waals surface area contributed by atoms with Gasteiger partial charge in [0.25, 0.3) is 20.2 Å². The summed E-state index contributed by atoms with van der Waals surface area (Å²) >= 11 is 0. The van der Waals surface area contributed by atoms with E-state index >= 15 is 0 Å². The zero-order valence-electron chi connectivity index (χ0n) is 25.3. The first-order valence-electron chi connectivity index (χ1n) is 14.2. The van der Waals surface area contributed by atoms with Gasteiger partial charge in [0.2, 0.25) is 0 Å². The summed E-state index contributed by atoms with van der Waals surface area (Å²) in [5.74, 6) is -0.552. The molecule has 0 amide bonds. The van der Waals surface area contributed by atoms with E-state index in [4.69, 9.17) is 0 Å². The number of hydrogen-bond donors (Lipinski definition) is 4. The Morgan fingerprint density at radius 1 is 0.458 bits per heavy atom. The van der Waals surface area contributed by atoms with Crippen LogP contribution in [0.4, 0.5) is 22.7 Å². The Bertz CT molecular complexity index is 2570. The summed E-state index contributed by atoms with van der Waals surface area (Å²) in [6, 6.07) is 25.3. The molecule has 6 aromatic carbocycles. The van der Waals surface area contributed by atoms with E-state index in [2.05, 4.69) is 20.5 Å². The topological polar surface area (TPSA) is 199 Å². The summed E-state index contributed by atoms with van der Waals surface area (Å²) in [6.45, 7) is 3.68. The summed E-state index contributed by atoms with van der Waals surface area (Å²) in [5.41, 5.74) is 4.27. The third-order valence-electron chi connectivity index (χ3n) is 7.74. The number of azo groups is 2. The van der Waals surface area contributed by atoms with Crippen LogP contribution in [0.2, 0.25) is 0 Å². The van der Waals surface area contributed by atoms with Gasteiger partial charge in [-0.25, -0.2) is 0 Å². The fourth-order valence-electron chi connectivity index (χ4n) is 5.32. The van der Waals surface area contributed by atoms with E-state index in [1.54, 1.807) is 24.3 Å². The van der Waals surface area contributed by atoms with Crippen LogP contribution < -0.4 is 0 Å². The lowest BCUT2D eigenvalue weighted by atomic mass is 10.0. The summed E-state index contributed by atoms with van der Waals surface area (Å²) in [4.78, 5) is -0.714. The number of phenolic OH excluding ortho intramolecular Hbond substituents is 2. The molecule has 0 atom stereocenters. The molecule has 0 saturated carbocycles. The molecule has 0 aliphatic heterocycles. The Balaban J connectivity index is 1.25. The van der Waals surface area contributed by atoms with E-state index in [0.29, 0.717) is 11.4 Å². The Morgan fingerprint density at radius 2 is 0.896 bits per heavy atom.